The number of carboxylic acids is 1. The van der Waals surface area contributed by atoms with Crippen LogP contribution in [0.25, 0.3) is 22.3 Å². The van der Waals surface area contributed by atoms with Crippen LogP contribution >= 0.6 is 0 Å². The molecule has 0 unspecified atom stereocenters. The maximum atomic E-state index is 12.4. The van der Waals surface area contributed by atoms with E-state index in [0.29, 0.717) is 22.3 Å². The van der Waals surface area contributed by atoms with Crippen LogP contribution in [0.15, 0.2) is 57.7 Å². The van der Waals surface area contributed by atoms with E-state index in [1.165, 1.54) is 11.6 Å². The van der Waals surface area contributed by atoms with Gasteiger partial charge in [0.05, 0.1) is 11.8 Å². The second kappa shape index (κ2) is 6.20. The van der Waals surface area contributed by atoms with Crippen LogP contribution in [0.4, 0.5) is 0 Å². The summed E-state index contributed by atoms with van der Waals surface area (Å²) in [5, 5.41) is 9.47. The molecule has 4 heteroatoms. The molecule has 0 aliphatic rings. The van der Waals surface area contributed by atoms with E-state index in [1.807, 2.05) is 24.3 Å². The number of hydrogen-bond acceptors (Lipinski definition) is 3. The first kappa shape index (κ1) is 17.0. The molecule has 0 fully saturated rings. The summed E-state index contributed by atoms with van der Waals surface area (Å²) in [5.41, 5.74) is 2.67. The van der Waals surface area contributed by atoms with Crippen molar-refractivity contribution in [1.82, 2.24) is 0 Å². The quantitative estimate of drug-likeness (QED) is 0.770. The maximum Gasteiger partial charge on any atom is 0.307 e. The van der Waals surface area contributed by atoms with Crippen LogP contribution in [0.1, 0.15) is 31.9 Å². The Morgan fingerprint density at radius 1 is 1.08 bits per heavy atom. The molecule has 0 saturated heterocycles. The van der Waals surface area contributed by atoms with E-state index in [0.717, 1.165) is 5.56 Å². The summed E-state index contributed by atoms with van der Waals surface area (Å²) >= 11 is 0. The second-order valence-corrected chi connectivity index (χ2v) is 7.17. The molecule has 4 nitrogen and oxygen atoms in total. The Morgan fingerprint density at radius 2 is 1.76 bits per heavy atom. The molecule has 2 aromatic carbocycles. The van der Waals surface area contributed by atoms with Gasteiger partial charge in [-0.3, -0.25) is 9.59 Å². The lowest BCUT2D eigenvalue weighted by Crippen LogP contribution is -2.10. The Hall–Kier alpha value is -2.88. The van der Waals surface area contributed by atoms with E-state index in [-0.39, 0.29) is 17.3 Å². The normalized spacial score (nSPS) is 11.6. The second-order valence-electron chi connectivity index (χ2n) is 7.17. The van der Waals surface area contributed by atoms with Gasteiger partial charge in [0.25, 0.3) is 0 Å². The summed E-state index contributed by atoms with van der Waals surface area (Å²) < 4.78 is 5.92. The topological polar surface area (TPSA) is 67.5 Å². The highest BCUT2D eigenvalue weighted by molar-refractivity contribution is 5.85. The first-order chi connectivity index (χ1) is 11.8. The van der Waals surface area contributed by atoms with Gasteiger partial charge < -0.3 is 9.52 Å². The fraction of sp³-hybridized carbons (Fsp3) is 0.238. The van der Waals surface area contributed by atoms with Crippen molar-refractivity contribution in [1.29, 1.82) is 0 Å². The number of benzene rings is 2. The van der Waals surface area contributed by atoms with Crippen molar-refractivity contribution >= 4 is 16.9 Å². The minimum absolute atomic E-state index is 0.0391. The Morgan fingerprint density at radius 3 is 2.36 bits per heavy atom. The highest BCUT2D eigenvalue weighted by Crippen LogP contribution is 2.28. The van der Waals surface area contributed by atoms with Crippen molar-refractivity contribution in [3.8, 4) is 11.3 Å². The van der Waals surface area contributed by atoms with Crippen molar-refractivity contribution < 1.29 is 14.3 Å². The monoisotopic (exact) mass is 336 g/mol. The van der Waals surface area contributed by atoms with Crippen LogP contribution in [0, 0.1) is 0 Å². The highest BCUT2D eigenvalue weighted by atomic mass is 16.4. The molecule has 25 heavy (non-hydrogen) atoms. The van der Waals surface area contributed by atoms with Gasteiger partial charge in [-0.25, -0.2) is 0 Å². The fourth-order valence-electron chi connectivity index (χ4n) is 2.81. The predicted octanol–water partition coefficient (Wildman–Crippen LogP) is 4.38. The number of carboxylic acid groups (broad SMARTS) is 1. The van der Waals surface area contributed by atoms with Crippen LogP contribution in [0.5, 0.6) is 0 Å². The average molecular weight is 336 g/mol. The molecule has 1 aromatic heterocycles. The van der Waals surface area contributed by atoms with E-state index >= 15 is 0 Å². The van der Waals surface area contributed by atoms with Crippen molar-refractivity contribution in [2.24, 2.45) is 0 Å². The largest absolute Gasteiger partial charge is 0.481 e. The molecule has 3 rings (SSSR count). The number of para-hydroxylation sites is 1. The zero-order chi connectivity index (χ0) is 18.2. The summed E-state index contributed by atoms with van der Waals surface area (Å²) in [6, 6.07) is 14.3. The van der Waals surface area contributed by atoms with Gasteiger partial charge in [-0.15, -0.1) is 0 Å². The summed E-state index contributed by atoms with van der Waals surface area (Å²) in [7, 11) is 0. The number of carbonyl (C=O) groups is 1. The van der Waals surface area contributed by atoms with Gasteiger partial charge >= 0.3 is 5.97 Å². The summed E-state index contributed by atoms with van der Waals surface area (Å²) in [5.74, 6) is -0.522. The zero-order valence-corrected chi connectivity index (χ0v) is 14.5. The number of fused-ring (bicyclic) bond motifs is 1. The van der Waals surface area contributed by atoms with Crippen molar-refractivity contribution in [2.45, 2.75) is 32.6 Å². The summed E-state index contributed by atoms with van der Waals surface area (Å²) in [4.78, 5) is 23.5. The SMILES string of the molecule is CC(C)(C)c1ccc(-c2cc(=O)c3cccc(CC(=O)O)c3o2)cc1. The predicted molar refractivity (Wildman–Crippen MR) is 98.0 cm³/mol. The molecule has 128 valence electrons. The zero-order valence-electron chi connectivity index (χ0n) is 14.5. The molecule has 1 N–H and O–H groups in total. The third-order valence-corrected chi connectivity index (χ3v) is 4.21. The van der Waals surface area contributed by atoms with Crippen LogP contribution < -0.4 is 5.43 Å². The van der Waals surface area contributed by atoms with E-state index in [2.05, 4.69) is 20.8 Å². The van der Waals surface area contributed by atoms with E-state index < -0.39 is 5.97 Å². The molecular formula is C21H20O4. The number of aliphatic carboxylic acids is 1. The van der Waals surface area contributed by atoms with Crippen LogP contribution in [0.3, 0.4) is 0 Å². The van der Waals surface area contributed by atoms with Gasteiger partial charge in [-0.1, -0.05) is 57.2 Å². The van der Waals surface area contributed by atoms with Crippen LogP contribution in [0.2, 0.25) is 0 Å². The molecule has 0 bridgehead atoms. The van der Waals surface area contributed by atoms with E-state index in [4.69, 9.17) is 9.52 Å². The Balaban J connectivity index is 2.14. The minimum Gasteiger partial charge on any atom is -0.481 e. The average Bonchev–Trinajstić information content (AvgIpc) is 2.54. The fourth-order valence-corrected chi connectivity index (χ4v) is 2.81. The Kier molecular flexibility index (Phi) is 4.21. The molecule has 0 radical (unpaired) electrons. The van der Waals surface area contributed by atoms with Crippen molar-refractivity contribution in [2.75, 3.05) is 0 Å². The van der Waals surface area contributed by atoms with Gasteiger partial charge in [-0.05, 0) is 17.0 Å². The van der Waals surface area contributed by atoms with Gasteiger partial charge in [0, 0.05) is 17.2 Å². The molecule has 0 atom stereocenters. The van der Waals surface area contributed by atoms with Crippen molar-refractivity contribution in [3.63, 3.8) is 0 Å². The lowest BCUT2D eigenvalue weighted by molar-refractivity contribution is -0.136. The standard InChI is InChI=1S/C21H20O4/c1-21(2,3)15-9-7-13(8-10-15)18-12-17(22)16-6-4-5-14(11-19(23)24)20(16)25-18/h4-10,12H,11H2,1-3H3,(H,23,24). The summed E-state index contributed by atoms with van der Waals surface area (Å²) in [6.45, 7) is 6.41. The van der Waals surface area contributed by atoms with E-state index in [9.17, 15) is 9.59 Å². The third-order valence-electron chi connectivity index (χ3n) is 4.21. The van der Waals surface area contributed by atoms with Gasteiger partial charge in [0.15, 0.2) is 5.43 Å². The molecule has 0 aliphatic heterocycles. The first-order valence-corrected chi connectivity index (χ1v) is 8.14. The molecular weight excluding hydrogens is 316 g/mol. The maximum absolute atomic E-state index is 12.4. The Labute approximate surface area is 145 Å². The van der Waals surface area contributed by atoms with Gasteiger partial charge in [0.2, 0.25) is 0 Å². The molecule has 0 saturated carbocycles. The lowest BCUT2D eigenvalue weighted by Gasteiger charge is -2.19. The van der Waals surface area contributed by atoms with E-state index in [1.54, 1.807) is 18.2 Å². The van der Waals surface area contributed by atoms with Gasteiger partial charge in [-0.2, -0.15) is 0 Å². The molecule has 0 aliphatic carbocycles. The lowest BCUT2D eigenvalue weighted by atomic mass is 9.86. The van der Waals surface area contributed by atoms with Crippen molar-refractivity contribution in [3.05, 3.63) is 69.9 Å². The molecule has 3 aromatic rings. The summed E-state index contributed by atoms with van der Waals surface area (Å²) in [6.07, 6.45) is -0.188. The Bertz CT molecular complexity index is 989. The number of rotatable bonds is 3. The highest BCUT2D eigenvalue weighted by Gasteiger charge is 2.15. The third kappa shape index (κ3) is 3.48. The van der Waals surface area contributed by atoms with Gasteiger partial charge in [0.1, 0.15) is 11.3 Å². The molecule has 0 amide bonds. The molecule has 0 spiro atoms. The number of hydrogen-bond donors (Lipinski definition) is 1. The van der Waals surface area contributed by atoms with Crippen LogP contribution in [-0.2, 0) is 16.6 Å². The minimum atomic E-state index is -0.963. The first-order valence-electron chi connectivity index (χ1n) is 8.14. The smallest absolute Gasteiger partial charge is 0.307 e. The molecule has 1 heterocycles. The van der Waals surface area contributed by atoms with Crippen LogP contribution in [-0.4, -0.2) is 11.1 Å².